The van der Waals surface area contributed by atoms with Gasteiger partial charge in [0.05, 0.1) is 10.9 Å². The highest BCUT2D eigenvalue weighted by atomic mass is 35.5. The van der Waals surface area contributed by atoms with E-state index in [0.717, 1.165) is 6.20 Å². The van der Waals surface area contributed by atoms with Crippen LogP contribution in [0, 0.1) is 17.5 Å². The number of hydrogen-bond donors (Lipinski definition) is 1. The molecule has 2 nitrogen and oxygen atoms in total. The Labute approximate surface area is 86.3 Å². The lowest BCUT2D eigenvalue weighted by atomic mass is 10.2. The first kappa shape index (κ1) is 10.0. The predicted octanol–water partition coefficient (Wildman–Crippen LogP) is 2.60. The second-order valence-electron chi connectivity index (χ2n) is 2.87. The van der Waals surface area contributed by atoms with Gasteiger partial charge in [0.25, 0.3) is 0 Å². The molecule has 1 N–H and O–H groups in total. The number of fused-ring (bicyclic) bond motifs is 1. The van der Waals surface area contributed by atoms with Crippen LogP contribution in [0.5, 0.6) is 0 Å². The Balaban J connectivity index is 3.05. The summed E-state index contributed by atoms with van der Waals surface area (Å²) in [4.78, 5) is 13.6. The lowest BCUT2D eigenvalue weighted by Gasteiger charge is -2.01. The molecule has 0 bridgehead atoms. The molecule has 1 aromatic carbocycles. The van der Waals surface area contributed by atoms with E-state index in [-0.39, 0.29) is 10.4 Å². The van der Waals surface area contributed by atoms with Crippen molar-refractivity contribution in [1.29, 1.82) is 0 Å². The molecule has 1 heterocycles. The van der Waals surface area contributed by atoms with Crippen molar-refractivity contribution in [3.63, 3.8) is 0 Å². The number of nitrogens with one attached hydrogen (secondary N) is 1. The summed E-state index contributed by atoms with van der Waals surface area (Å²) in [6.07, 6.45) is 1.02. The average Bonchev–Trinajstić information content (AvgIpc) is 2.21. The summed E-state index contributed by atoms with van der Waals surface area (Å²) < 4.78 is 38.7. The van der Waals surface area contributed by atoms with Crippen molar-refractivity contribution < 1.29 is 13.2 Å². The Morgan fingerprint density at radius 3 is 2.53 bits per heavy atom. The van der Waals surface area contributed by atoms with Gasteiger partial charge >= 0.3 is 0 Å². The number of hydrogen-bond acceptors (Lipinski definition) is 1. The number of H-pyrrole nitrogens is 1. The van der Waals surface area contributed by atoms with Crippen molar-refractivity contribution in [2.75, 3.05) is 0 Å². The summed E-state index contributed by atoms with van der Waals surface area (Å²) in [6.45, 7) is 0. The molecule has 15 heavy (non-hydrogen) atoms. The van der Waals surface area contributed by atoms with Crippen molar-refractivity contribution >= 4 is 22.5 Å². The van der Waals surface area contributed by atoms with Crippen molar-refractivity contribution in [1.82, 2.24) is 4.98 Å². The maximum atomic E-state index is 13.1. The molecule has 0 fully saturated rings. The second-order valence-corrected chi connectivity index (χ2v) is 3.28. The van der Waals surface area contributed by atoms with Crippen LogP contribution in [0.3, 0.4) is 0 Å². The highest BCUT2D eigenvalue weighted by Crippen LogP contribution is 2.19. The fourth-order valence-corrected chi connectivity index (χ4v) is 1.40. The maximum Gasteiger partial charge on any atom is 0.208 e. The predicted molar refractivity (Wildman–Crippen MR) is 49.5 cm³/mol. The molecule has 1 aromatic heterocycles. The Morgan fingerprint density at radius 2 is 1.87 bits per heavy atom. The van der Waals surface area contributed by atoms with E-state index in [1.165, 1.54) is 0 Å². The van der Waals surface area contributed by atoms with E-state index in [1.54, 1.807) is 0 Å². The molecule has 2 aromatic rings. The molecule has 6 heteroatoms. The van der Waals surface area contributed by atoms with Gasteiger partial charge in [0.15, 0.2) is 17.5 Å². The molecule has 0 spiro atoms. The highest BCUT2D eigenvalue weighted by molar-refractivity contribution is 6.31. The van der Waals surface area contributed by atoms with Gasteiger partial charge in [-0.15, -0.1) is 0 Å². The molecule has 0 aliphatic heterocycles. The monoisotopic (exact) mass is 233 g/mol. The molecule has 78 valence electrons. The Morgan fingerprint density at radius 1 is 1.20 bits per heavy atom. The lowest BCUT2D eigenvalue weighted by Crippen LogP contribution is -2.06. The zero-order valence-electron chi connectivity index (χ0n) is 7.07. The van der Waals surface area contributed by atoms with Crippen molar-refractivity contribution in [3.8, 4) is 0 Å². The normalized spacial score (nSPS) is 10.9. The van der Waals surface area contributed by atoms with Gasteiger partial charge in [0.1, 0.15) is 5.02 Å². The van der Waals surface area contributed by atoms with Crippen LogP contribution in [-0.2, 0) is 0 Å². The SMILES string of the molecule is O=c1c(Cl)c[nH]c2c(F)c(F)c(F)cc12. The number of halogens is 4. The number of aromatic nitrogens is 1. The van der Waals surface area contributed by atoms with Gasteiger partial charge in [-0.25, -0.2) is 13.2 Å². The first-order valence-electron chi connectivity index (χ1n) is 3.86. The summed E-state index contributed by atoms with van der Waals surface area (Å²) in [5, 5.41) is -0.535. The van der Waals surface area contributed by atoms with Crippen LogP contribution in [0.25, 0.3) is 10.9 Å². The van der Waals surface area contributed by atoms with Gasteiger partial charge in [0, 0.05) is 6.20 Å². The number of benzene rings is 1. The first-order chi connectivity index (χ1) is 7.02. The molecule has 0 aliphatic carbocycles. The second kappa shape index (κ2) is 3.27. The first-order valence-corrected chi connectivity index (χ1v) is 4.24. The fraction of sp³-hybridized carbons (Fsp3) is 0. The van der Waals surface area contributed by atoms with Crippen molar-refractivity contribution in [2.24, 2.45) is 0 Å². The van der Waals surface area contributed by atoms with Crippen LogP contribution in [0.4, 0.5) is 13.2 Å². The summed E-state index contributed by atoms with van der Waals surface area (Å²) in [6, 6.07) is 0.610. The molecule has 2 rings (SSSR count). The molecule has 0 radical (unpaired) electrons. The lowest BCUT2D eigenvalue weighted by molar-refractivity contribution is 0.452. The summed E-state index contributed by atoms with van der Waals surface area (Å²) >= 11 is 5.45. The zero-order valence-corrected chi connectivity index (χ0v) is 7.83. The molecule has 0 unspecified atom stereocenters. The standard InChI is InChI=1S/C9H3ClF3NO/c10-4-2-14-8-3(9(4)15)1-5(11)6(12)7(8)13/h1-2H,(H,14,15). The topological polar surface area (TPSA) is 32.9 Å². The van der Waals surface area contributed by atoms with Crippen LogP contribution < -0.4 is 5.43 Å². The minimum atomic E-state index is -1.62. The van der Waals surface area contributed by atoms with Crippen LogP contribution in [0.15, 0.2) is 17.1 Å². The summed E-state index contributed by atoms with van der Waals surface area (Å²) in [7, 11) is 0. The van der Waals surface area contributed by atoms with Crippen LogP contribution >= 0.6 is 11.6 Å². The van der Waals surface area contributed by atoms with E-state index in [2.05, 4.69) is 4.98 Å². The van der Waals surface area contributed by atoms with Crippen molar-refractivity contribution in [2.45, 2.75) is 0 Å². The van der Waals surface area contributed by atoms with E-state index in [9.17, 15) is 18.0 Å². The molecule has 0 amide bonds. The highest BCUT2D eigenvalue weighted by Gasteiger charge is 2.16. The quantitative estimate of drug-likeness (QED) is 0.697. The third-order valence-corrected chi connectivity index (χ3v) is 2.25. The third kappa shape index (κ3) is 1.39. The van der Waals surface area contributed by atoms with E-state index in [0.29, 0.717) is 6.07 Å². The van der Waals surface area contributed by atoms with Gasteiger partial charge < -0.3 is 4.98 Å². The van der Waals surface area contributed by atoms with Crippen molar-refractivity contribution in [3.05, 3.63) is 45.0 Å². The Hall–Kier alpha value is -1.49. The zero-order chi connectivity index (χ0) is 11.2. The van der Waals surface area contributed by atoms with Crippen LogP contribution in [0.1, 0.15) is 0 Å². The van der Waals surface area contributed by atoms with Gasteiger partial charge in [-0.2, -0.15) is 0 Å². The van der Waals surface area contributed by atoms with E-state index in [4.69, 9.17) is 11.6 Å². The van der Waals surface area contributed by atoms with E-state index >= 15 is 0 Å². The molecule has 0 saturated heterocycles. The Kier molecular flexibility index (Phi) is 2.19. The largest absolute Gasteiger partial charge is 0.357 e. The Bertz CT molecular complexity index is 608. The van der Waals surface area contributed by atoms with E-state index in [1.807, 2.05) is 0 Å². The minimum Gasteiger partial charge on any atom is -0.357 e. The molecule has 0 saturated carbocycles. The van der Waals surface area contributed by atoms with Gasteiger partial charge in [-0.3, -0.25) is 4.79 Å². The van der Waals surface area contributed by atoms with Gasteiger partial charge in [-0.05, 0) is 6.07 Å². The molecule has 0 atom stereocenters. The molecular weight excluding hydrogens is 231 g/mol. The summed E-state index contributed by atoms with van der Waals surface area (Å²) in [5.41, 5.74) is -1.15. The van der Waals surface area contributed by atoms with Gasteiger partial charge in [-0.1, -0.05) is 11.6 Å². The summed E-state index contributed by atoms with van der Waals surface area (Å²) in [5.74, 6) is -4.48. The number of aromatic amines is 1. The number of pyridine rings is 1. The fourth-order valence-electron chi connectivity index (χ4n) is 1.24. The minimum absolute atomic E-state index is 0.215. The third-order valence-electron chi connectivity index (χ3n) is 1.97. The van der Waals surface area contributed by atoms with E-state index < -0.39 is 28.4 Å². The average molecular weight is 234 g/mol. The maximum absolute atomic E-state index is 13.1. The van der Waals surface area contributed by atoms with Crippen LogP contribution in [0.2, 0.25) is 5.02 Å². The smallest absolute Gasteiger partial charge is 0.208 e. The van der Waals surface area contributed by atoms with Crippen LogP contribution in [-0.4, -0.2) is 4.98 Å². The molecule has 0 aliphatic rings. The number of rotatable bonds is 0. The van der Waals surface area contributed by atoms with Gasteiger partial charge in [0.2, 0.25) is 5.43 Å². The molecular formula is C9H3ClF3NO.